The molecule has 7 heteroatoms. The molecule has 0 amide bonds. The Hall–Kier alpha value is 0.150. The molecule has 4 N–H and O–H groups in total. The summed E-state index contributed by atoms with van der Waals surface area (Å²) in [5, 5.41) is 0. The zero-order valence-corrected chi connectivity index (χ0v) is 10.0. The fraction of sp³-hybridized carbons (Fsp3) is 0.333. The Bertz CT molecular complexity index is 349. The second kappa shape index (κ2) is 4.12. The molecule has 1 rings (SSSR count). The molecule has 13 heavy (non-hydrogen) atoms. The van der Waals surface area contributed by atoms with Crippen LogP contribution in [0.15, 0.2) is 23.9 Å². The van der Waals surface area contributed by atoms with Gasteiger partial charge in [-0.15, -0.1) is 0 Å². The predicted molar refractivity (Wildman–Crippen MR) is 42.6 cm³/mol. The number of hydrogen-bond donors (Lipinski definition) is 2. The van der Waals surface area contributed by atoms with Crippen molar-refractivity contribution in [2.75, 3.05) is 0 Å². The second-order valence-corrected chi connectivity index (χ2v) is 4.35. The molecular weight excluding hydrogens is 203 g/mol. The normalized spacial score (nSPS) is 27.7. The van der Waals surface area contributed by atoms with E-state index in [9.17, 15) is 13.0 Å². The van der Waals surface area contributed by atoms with Gasteiger partial charge in [0, 0.05) is 12.1 Å². The molecule has 0 aliphatic heterocycles. The van der Waals surface area contributed by atoms with Gasteiger partial charge in [0.2, 0.25) is 0 Å². The van der Waals surface area contributed by atoms with Gasteiger partial charge < -0.3 is 16.0 Å². The standard InChI is InChI=1S/C6H10N2O3S.Na/c7-5-2-1-3-6(8,4-5)12(9,10)11;/h1-3H,4,7-8H2,(H,9,10,11);/q;+1/p-1. The minimum Gasteiger partial charge on any atom is -0.746 e. The van der Waals surface area contributed by atoms with Crippen LogP contribution < -0.4 is 41.0 Å². The van der Waals surface area contributed by atoms with Crippen LogP contribution in [0.4, 0.5) is 0 Å². The monoisotopic (exact) mass is 212 g/mol. The molecular formula is C6H9N2NaO3S. The Kier molecular flexibility index (Phi) is 4.17. The Balaban J connectivity index is 0.00000144. The van der Waals surface area contributed by atoms with E-state index in [-0.39, 0.29) is 36.0 Å². The van der Waals surface area contributed by atoms with E-state index in [1.165, 1.54) is 12.2 Å². The van der Waals surface area contributed by atoms with Crippen molar-refractivity contribution in [3.05, 3.63) is 23.9 Å². The van der Waals surface area contributed by atoms with Crippen molar-refractivity contribution in [2.24, 2.45) is 11.5 Å². The largest absolute Gasteiger partial charge is 1.00 e. The summed E-state index contributed by atoms with van der Waals surface area (Å²) in [6.45, 7) is 0. The van der Waals surface area contributed by atoms with Crippen LogP contribution in [0.5, 0.6) is 0 Å². The third kappa shape index (κ3) is 2.80. The quantitative estimate of drug-likeness (QED) is 0.340. The predicted octanol–water partition coefficient (Wildman–Crippen LogP) is -4.01. The van der Waals surface area contributed by atoms with Crippen molar-refractivity contribution in [2.45, 2.75) is 11.3 Å². The van der Waals surface area contributed by atoms with E-state index in [0.29, 0.717) is 5.70 Å². The van der Waals surface area contributed by atoms with Crippen LogP contribution in [0.1, 0.15) is 6.42 Å². The first-order valence-electron chi connectivity index (χ1n) is 3.23. The molecule has 0 bridgehead atoms. The van der Waals surface area contributed by atoms with Crippen LogP contribution in [0, 0.1) is 0 Å². The van der Waals surface area contributed by atoms with E-state index in [1.54, 1.807) is 0 Å². The molecule has 0 heterocycles. The van der Waals surface area contributed by atoms with Gasteiger partial charge in [0.25, 0.3) is 0 Å². The van der Waals surface area contributed by atoms with Crippen LogP contribution in [-0.2, 0) is 10.1 Å². The van der Waals surface area contributed by atoms with Gasteiger partial charge in [0.15, 0.2) is 0 Å². The van der Waals surface area contributed by atoms with E-state index in [0.717, 1.165) is 6.08 Å². The molecule has 1 aliphatic carbocycles. The Morgan fingerprint density at radius 1 is 1.54 bits per heavy atom. The van der Waals surface area contributed by atoms with Crippen molar-refractivity contribution in [1.29, 1.82) is 0 Å². The average Bonchev–Trinajstić information content (AvgIpc) is 1.83. The topological polar surface area (TPSA) is 109 Å². The average molecular weight is 212 g/mol. The number of hydrogen-bond acceptors (Lipinski definition) is 5. The summed E-state index contributed by atoms with van der Waals surface area (Å²) < 4.78 is 31.9. The minimum absolute atomic E-state index is 0. The second-order valence-electron chi connectivity index (χ2n) is 2.69. The first-order valence-corrected chi connectivity index (χ1v) is 4.64. The van der Waals surface area contributed by atoms with E-state index in [1.807, 2.05) is 0 Å². The number of nitrogens with two attached hydrogens (primary N) is 2. The van der Waals surface area contributed by atoms with Gasteiger partial charge in [-0.05, 0) is 6.08 Å². The zero-order valence-electron chi connectivity index (χ0n) is 7.23. The zero-order chi connectivity index (χ0) is 9.41. The van der Waals surface area contributed by atoms with Crippen LogP contribution >= 0.6 is 0 Å². The molecule has 1 atom stereocenters. The fourth-order valence-electron chi connectivity index (χ4n) is 0.943. The van der Waals surface area contributed by atoms with Gasteiger partial charge >= 0.3 is 29.6 Å². The van der Waals surface area contributed by atoms with Crippen molar-refractivity contribution in [3.63, 3.8) is 0 Å². The smallest absolute Gasteiger partial charge is 0.746 e. The Morgan fingerprint density at radius 2 is 2.08 bits per heavy atom. The van der Waals surface area contributed by atoms with Crippen molar-refractivity contribution < 1.29 is 42.5 Å². The van der Waals surface area contributed by atoms with Gasteiger partial charge in [-0.1, -0.05) is 12.2 Å². The van der Waals surface area contributed by atoms with Crippen LogP contribution in [0.2, 0.25) is 0 Å². The number of allylic oxidation sites excluding steroid dienone is 2. The molecule has 0 spiro atoms. The molecule has 0 aromatic rings. The summed E-state index contributed by atoms with van der Waals surface area (Å²) >= 11 is 0. The molecule has 0 aromatic carbocycles. The van der Waals surface area contributed by atoms with E-state index in [4.69, 9.17) is 11.5 Å². The molecule has 0 fully saturated rings. The van der Waals surface area contributed by atoms with Gasteiger partial charge in [-0.25, -0.2) is 8.42 Å². The summed E-state index contributed by atoms with van der Waals surface area (Å²) in [5.74, 6) is 0. The first-order chi connectivity index (χ1) is 5.35. The number of rotatable bonds is 1. The minimum atomic E-state index is -4.54. The van der Waals surface area contributed by atoms with Crippen molar-refractivity contribution in [3.8, 4) is 0 Å². The van der Waals surface area contributed by atoms with Crippen LogP contribution in [-0.4, -0.2) is 17.8 Å². The molecule has 5 nitrogen and oxygen atoms in total. The maximum atomic E-state index is 10.6. The van der Waals surface area contributed by atoms with Crippen molar-refractivity contribution >= 4 is 10.1 Å². The summed E-state index contributed by atoms with van der Waals surface area (Å²) in [6.07, 6.45) is 3.88. The summed E-state index contributed by atoms with van der Waals surface area (Å²) in [6, 6.07) is 0. The van der Waals surface area contributed by atoms with E-state index < -0.39 is 15.0 Å². The Morgan fingerprint density at radius 3 is 2.38 bits per heavy atom. The fourth-order valence-corrected chi connectivity index (χ4v) is 1.53. The van der Waals surface area contributed by atoms with Gasteiger partial charge in [0.1, 0.15) is 15.0 Å². The summed E-state index contributed by atoms with van der Waals surface area (Å²) in [5.41, 5.74) is 10.9. The molecule has 0 saturated heterocycles. The SMILES string of the molecule is NC1=CC=CC(N)(S(=O)(=O)[O-])C1.[Na+]. The first kappa shape index (κ1) is 13.2. The van der Waals surface area contributed by atoms with E-state index in [2.05, 4.69) is 0 Å². The van der Waals surface area contributed by atoms with Gasteiger partial charge in [-0.3, -0.25) is 0 Å². The molecule has 1 aliphatic rings. The molecule has 68 valence electrons. The van der Waals surface area contributed by atoms with Crippen molar-refractivity contribution in [1.82, 2.24) is 0 Å². The van der Waals surface area contributed by atoms with Gasteiger partial charge in [0.05, 0.1) is 0 Å². The third-order valence-corrected chi connectivity index (χ3v) is 2.85. The molecule has 0 aromatic heterocycles. The summed E-state index contributed by atoms with van der Waals surface area (Å²) in [7, 11) is -4.54. The molecule has 0 saturated carbocycles. The molecule has 1 unspecified atom stereocenters. The van der Waals surface area contributed by atoms with Gasteiger partial charge in [-0.2, -0.15) is 0 Å². The Labute approximate surface area is 98.9 Å². The molecule has 0 radical (unpaired) electrons. The van der Waals surface area contributed by atoms with Crippen LogP contribution in [0.25, 0.3) is 0 Å². The van der Waals surface area contributed by atoms with E-state index >= 15 is 0 Å². The summed E-state index contributed by atoms with van der Waals surface area (Å²) in [4.78, 5) is -1.87. The maximum absolute atomic E-state index is 10.6. The third-order valence-electron chi connectivity index (χ3n) is 1.63. The van der Waals surface area contributed by atoms with Crippen LogP contribution in [0.3, 0.4) is 0 Å². The maximum Gasteiger partial charge on any atom is 1.00 e.